The molecular formula is C26H18BrNO6S. The van der Waals surface area contributed by atoms with Gasteiger partial charge in [-0.2, -0.15) is 0 Å². The lowest BCUT2D eigenvalue weighted by Crippen LogP contribution is -2.10. The van der Waals surface area contributed by atoms with Crippen molar-refractivity contribution in [3.63, 3.8) is 0 Å². The standard InChI is InChI=1S/C26H18BrNO6S/c1-2-33-26(30)22-21(16-12-14-17(27)15-13-16)24(35(31,32)18-8-4-3-5-9-18)28-20-11-7-6-10-19(20)25(29)34-23(22)28/h3-15H,2H2,1H3. The van der Waals surface area contributed by atoms with Gasteiger partial charge in [-0.1, -0.05) is 58.4 Å². The monoisotopic (exact) mass is 551 g/mol. The van der Waals surface area contributed by atoms with Crippen molar-refractivity contribution >= 4 is 48.4 Å². The van der Waals surface area contributed by atoms with Gasteiger partial charge in [-0.15, -0.1) is 0 Å². The van der Waals surface area contributed by atoms with E-state index in [9.17, 15) is 18.0 Å². The first kappa shape index (κ1) is 23.1. The zero-order chi connectivity index (χ0) is 24.7. The molecular weight excluding hydrogens is 534 g/mol. The summed E-state index contributed by atoms with van der Waals surface area (Å²) in [6, 6.07) is 21.2. The molecule has 176 valence electrons. The van der Waals surface area contributed by atoms with Crippen molar-refractivity contribution < 1.29 is 22.4 Å². The SMILES string of the molecule is CCOC(=O)c1c(-c2ccc(Br)cc2)c(S(=O)(=O)c2ccccc2)n2c1oc(=O)c1ccccc12. The van der Waals surface area contributed by atoms with E-state index in [0.29, 0.717) is 11.1 Å². The van der Waals surface area contributed by atoms with E-state index in [-0.39, 0.29) is 38.8 Å². The number of para-hydroxylation sites is 1. The van der Waals surface area contributed by atoms with Gasteiger partial charge in [0.1, 0.15) is 5.56 Å². The number of esters is 1. The van der Waals surface area contributed by atoms with Gasteiger partial charge in [0.15, 0.2) is 5.03 Å². The molecule has 0 atom stereocenters. The van der Waals surface area contributed by atoms with Gasteiger partial charge in [0, 0.05) is 10.0 Å². The Morgan fingerprint density at radius 1 is 0.971 bits per heavy atom. The molecule has 0 radical (unpaired) electrons. The van der Waals surface area contributed by atoms with E-state index in [1.807, 2.05) is 0 Å². The summed E-state index contributed by atoms with van der Waals surface area (Å²) in [7, 11) is -4.21. The Balaban J connectivity index is 2.07. The quantitative estimate of drug-likeness (QED) is 0.268. The topological polar surface area (TPSA) is 95.1 Å². The summed E-state index contributed by atoms with van der Waals surface area (Å²) < 4.78 is 41.2. The van der Waals surface area contributed by atoms with Crippen molar-refractivity contribution in [2.75, 3.05) is 6.61 Å². The minimum atomic E-state index is -4.21. The van der Waals surface area contributed by atoms with Crippen LogP contribution in [-0.4, -0.2) is 25.4 Å². The van der Waals surface area contributed by atoms with Gasteiger partial charge in [0.25, 0.3) is 0 Å². The second-order valence-corrected chi connectivity index (χ2v) is 10.4. The minimum Gasteiger partial charge on any atom is -0.462 e. The normalized spacial score (nSPS) is 11.7. The summed E-state index contributed by atoms with van der Waals surface area (Å²) >= 11 is 3.39. The second kappa shape index (κ2) is 8.83. The molecule has 0 unspecified atom stereocenters. The third-order valence-electron chi connectivity index (χ3n) is 5.56. The molecule has 0 saturated carbocycles. The van der Waals surface area contributed by atoms with E-state index in [0.717, 1.165) is 4.47 Å². The van der Waals surface area contributed by atoms with Gasteiger partial charge in [-0.3, -0.25) is 4.40 Å². The van der Waals surface area contributed by atoms with Gasteiger partial charge in [0.2, 0.25) is 15.6 Å². The molecule has 0 aliphatic carbocycles. The van der Waals surface area contributed by atoms with Crippen LogP contribution in [0.3, 0.4) is 0 Å². The lowest BCUT2D eigenvalue weighted by molar-refractivity contribution is 0.0528. The van der Waals surface area contributed by atoms with Crippen LogP contribution in [0.4, 0.5) is 0 Å². The Kier molecular flexibility index (Phi) is 5.82. The number of halogens is 1. The molecule has 5 aromatic rings. The molecule has 0 aliphatic heterocycles. The maximum absolute atomic E-state index is 14.1. The third kappa shape index (κ3) is 3.77. The Morgan fingerprint density at radius 2 is 1.63 bits per heavy atom. The van der Waals surface area contributed by atoms with Crippen molar-refractivity contribution in [2.45, 2.75) is 16.8 Å². The molecule has 5 rings (SSSR count). The van der Waals surface area contributed by atoms with Crippen LogP contribution >= 0.6 is 15.9 Å². The molecule has 0 amide bonds. The highest BCUT2D eigenvalue weighted by atomic mass is 79.9. The number of ether oxygens (including phenoxy) is 1. The number of hydrogen-bond acceptors (Lipinski definition) is 6. The summed E-state index contributed by atoms with van der Waals surface area (Å²) in [6.45, 7) is 1.69. The fourth-order valence-electron chi connectivity index (χ4n) is 4.07. The highest BCUT2D eigenvalue weighted by Gasteiger charge is 2.36. The number of hydrogen-bond donors (Lipinski definition) is 0. The maximum atomic E-state index is 14.1. The number of rotatable bonds is 5. The van der Waals surface area contributed by atoms with E-state index in [2.05, 4.69) is 15.9 Å². The lowest BCUT2D eigenvalue weighted by atomic mass is 10.0. The van der Waals surface area contributed by atoms with Gasteiger partial charge < -0.3 is 9.15 Å². The molecule has 9 heteroatoms. The van der Waals surface area contributed by atoms with Gasteiger partial charge >= 0.3 is 11.6 Å². The van der Waals surface area contributed by atoms with Crippen molar-refractivity contribution in [2.24, 2.45) is 0 Å². The first-order valence-electron chi connectivity index (χ1n) is 10.7. The molecule has 0 aliphatic rings. The van der Waals surface area contributed by atoms with Crippen LogP contribution in [0, 0.1) is 0 Å². The second-order valence-electron chi connectivity index (χ2n) is 7.65. The van der Waals surface area contributed by atoms with Crippen LogP contribution in [-0.2, 0) is 14.6 Å². The molecule has 0 bridgehead atoms. The van der Waals surface area contributed by atoms with E-state index in [1.54, 1.807) is 73.7 Å². The first-order valence-corrected chi connectivity index (χ1v) is 13.0. The predicted octanol–water partition coefficient (Wildman–Crippen LogP) is 5.48. The lowest BCUT2D eigenvalue weighted by Gasteiger charge is -2.11. The van der Waals surface area contributed by atoms with Crippen molar-refractivity contribution in [1.82, 2.24) is 4.40 Å². The fraction of sp³-hybridized carbons (Fsp3) is 0.0769. The third-order valence-corrected chi connectivity index (χ3v) is 7.88. The van der Waals surface area contributed by atoms with Crippen LogP contribution in [0.1, 0.15) is 17.3 Å². The van der Waals surface area contributed by atoms with E-state index in [1.165, 1.54) is 16.5 Å². The van der Waals surface area contributed by atoms with Gasteiger partial charge in [-0.05, 0) is 48.9 Å². The summed E-state index contributed by atoms with van der Waals surface area (Å²) in [6.07, 6.45) is 0. The summed E-state index contributed by atoms with van der Waals surface area (Å²) in [5, 5.41) is -0.0127. The molecule has 35 heavy (non-hydrogen) atoms. The van der Waals surface area contributed by atoms with Crippen LogP contribution in [0.25, 0.3) is 27.7 Å². The number of benzene rings is 3. The average molecular weight is 552 g/mol. The average Bonchev–Trinajstić information content (AvgIpc) is 3.21. The smallest absolute Gasteiger partial charge is 0.346 e. The van der Waals surface area contributed by atoms with Crippen LogP contribution < -0.4 is 5.63 Å². The predicted molar refractivity (Wildman–Crippen MR) is 134 cm³/mol. The van der Waals surface area contributed by atoms with Gasteiger partial charge in [-0.25, -0.2) is 18.0 Å². The molecule has 0 saturated heterocycles. The van der Waals surface area contributed by atoms with E-state index < -0.39 is 21.4 Å². The molecule has 2 aromatic heterocycles. The highest BCUT2D eigenvalue weighted by Crippen LogP contribution is 2.40. The van der Waals surface area contributed by atoms with E-state index >= 15 is 0 Å². The molecule has 7 nitrogen and oxygen atoms in total. The summed E-state index contributed by atoms with van der Waals surface area (Å²) in [4.78, 5) is 26.1. The van der Waals surface area contributed by atoms with Crippen LogP contribution in [0.5, 0.6) is 0 Å². The Morgan fingerprint density at radius 3 is 2.31 bits per heavy atom. The van der Waals surface area contributed by atoms with Crippen LogP contribution in [0.15, 0.2) is 102 Å². The highest BCUT2D eigenvalue weighted by molar-refractivity contribution is 9.10. The number of aromatic nitrogens is 1. The number of fused-ring (bicyclic) bond motifs is 3. The van der Waals surface area contributed by atoms with Crippen molar-refractivity contribution in [1.29, 1.82) is 0 Å². The molecule has 0 fully saturated rings. The van der Waals surface area contributed by atoms with Crippen molar-refractivity contribution in [3.05, 3.63) is 99.3 Å². The minimum absolute atomic E-state index is 0.0310. The zero-order valence-electron chi connectivity index (χ0n) is 18.4. The summed E-state index contributed by atoms with van der Waals surface area (Å²) in [5.41, 5.74) is -0.184. The number of nitrogens with zero attached hydrogens (tertiary/aromatic N) is 1. The van der Waals surface area contributed by atoms with Crippen molar-refractivity contribution in [3.8, 4) is 11.1 Å². The summed E-state index contributed by atoms with van der Waals surface area (Å²) in [5.74, 6) is -0.795. The molecule has 3 aromatic carbocycles. The number of carbonyl (C=O) groups excluding carboxylic acids is 1. The fourth-order valence-corrected chi connectivity index (χ4v) is 5.99. The zero-order valence-corrected chi connectivity index (χ0v) is 20.8. The Hall–Kier alpha value is -3.69. The number of sulfone groups is 1. The number of carbonyl (C=O) groups is 1. The van der Waals surface area contributed by atoms with Crippen LogP contribution in [0.2, 0.25) is 0 Å². The van der Waals surface area contributed by atoms with Gasteiger partial charge in [0.05, 0.1) is 22.4 Å². The molecule has 2 heterocycles. The molecule has 0 N–H and O–H groups in total. The Bertz CT molecular complexity index is 1750. The van der Waals surface area contributed by atoms with E-state index in [4.69, 9.17) is 9.15 Å². The largest absolute Gasteiger partial charge is 0.462 e. The maximum Gasteiger partial charge on any atom is 0.346 e. The first-order chi connectivity index (χ1) is 16.8. The Labute approximate surface area is 208 Å². The molecule has 0 spiro atoms.